The predicted molar refractivity (Wildman–Crippen MR) is 128 cm³/mol. The van der Waals surface area contributed by atoms with Crippen LogP contribution in [-0.4, -0.2) is 41.9 Å². The van der Waals surface area contributed by atoms with Crippen LogP contribution in [0.3, 0.4) is 0 Å². The molecule has 168 valence electrons. The molecule has 6 nitrogen and oxygen atoms in total. The third-order valence-electron chi connectivity index (χ3n) is 5.75. The van der Waals surface area contributed by atoms with Crippen LogP contribution in [0, 0.1) is 0 Å². The Hall–Kier alpha value is -3.28. The summed E-state index contributed by atoms with van der Waals surface area (Å²) in [4.78, 5) is 30.1. The van der Waals surface area contributed by atoms with Gasteiger partial charge in [-0.3, -0.25) is 14.5 Å². The first kappa shape index (κ1) is 21.9. The van der Waals surface area contributed by atoms with Gasteiger partial charge in [-0.2, -0.15) is 0 Å². The molecule has 0 radical (unpaired) electrons. The van der Waals surface area contributed by atoms with Crippen molar-refractivity contribution in [2.24, 2.45) is 0 Å². The maximum atomic E-state index is 13.2. The van der Waals surface area contributed by atoms with E-state index in [4.69, 9.17) is 4.74 Å². The molecule has 6 heteroatoms. The molecule has 2 aliphatic heterocycles. The molecule has 0 bridgehead atoms. The first-order valence-electron chi connectivity index (χ1n) is 11.4. The molecule has 1 saturated heterocycles. The van der Waals surface area contributed by atoms with E-state index in [1.807, 2.05) is 64.1 Å². The standard InChI is InChI=1S/C26H31N3O3/c1-17(2)29-25(30)23(19-7-13-22(14-8-19)32-18(3)4)24(26(29)31)27-20-9-11-21(12-10-20)28-15-5-6-16-28/h7-14,17-18,27H,5-6,15-16H2,1-4H3. The number of nitrogens with one attached hydrogen (secondary N) is 1. The van der Waals surface area contributed by atoms with Crippen LogP contribution in [-0.2, 0) is 9.59 Å². The van der Waals surface area contributed by atoms with E-state index in [-0.39, 0.29) is 24.0 Å². The van der Waals surface area contributed by atoms with Crippen LogP contribution < -0.4 is 15.0 Å². The molecule has 2 aliphatic rings. The molecule has 0 atom stereocenters. The first-order valence-corrected chi connectivity index (χ1v) is 11.4. The fourth-order valence-corrected chi connectivity index (χ4v) is 4.25. The lowest BCUT2D eigenvalue weighted by molar-refractivity contribution is -0.138. The Morgan fingerprint density at radius 3 is 2.03 bits per heavy atom. The summed E-state index contributed by atoms with van der Waals surface area (Å²) in [6, 6.07) is 15.2. The number of carbonyl (C=O) groups is 2. The topological polar surface area (TPSA) is 61.9 Å². The number of rotatable bonds is 7. The van der Waals surface area contributed by atoms with E-state index in [1.165, 1.54) is 23.4 Å². The molecule has 0 spiro atoms. The molecule has 2 amide bonds. The second-order valence-electron chi connectivity index (χ2n) is 8.88. The zero-order valence-electron chi connectivity index (χ0n) is 19.2. The molecule has 0 aliphatic carbocycles. The normalized spacial score (nSPS) is 16.7. The van der Waals surface area contributed by atoms with Gasteiger partial charge in [0.15, 0.2) is 0 Å². The first-order chi connectivity index (χ1) is 15.3. The van der Waals surface area contributed by atoms with E-state index >= 15 is 0 Å². The van der Waals surface area contributed by atoms with Crippen molar-refractivity contribution >= 4 is 28.8 Å². The highest BCUT2D eigenvalue weighted by Gasteiger charge is 2.40. The Kier molecular flexibility index (Phi) is 6.21. The van der Waals surface area contributed by atoms with Gasteiger partial charge in [-0.1, -0.05) is 12.1 Å². The van der Waals surface area contributed by atoms with Gasteiger partial charge in [0.05, 0.1) is 11.7 Å². The number of hydrogen-bond acceptors (Lipinski definition) is 5. The van der Waals surface area contributed by atoms with Crippen LogP contribution in [0.4, 0.5) is 11.4 Å². The summed E-state index contributed by atoms with van der Waals surface area (Å²) in [5.74, 6) is 0.152. The van der Waals surface area contributed by atoms with Gasteiger partial charge in [0, 0.05) is 30.5 Å². The monoisotopic (exact) mass is 433 g/mol. The molecule has 0 aromatic heterocycles. The number of ether oxygens (including phenoxy) is 1. The van der Waals surface area contributed by atoms with Gasteiger partial charge >= 0.3 is 0 Å². The Morgan fingerprint density at radius 1 is 0.844 bits per heavy atom. The van der Waals surface area contributed by atoms with Gasteiger partial charge in [-0.25, -0.2) is 0 Å². The summed E-state index contributed by atoms with van der Waals surface area (Å²) in [5.41, 5.74) is 3.37. The average Bonchev–Trinajstić information content (AvgIpc) is 3.36. The van der Waals surface area contributed by atoms with Crippen LogP contribution in [0.25, 0.3) is 5.57 Å². The van der Waals surface area contributed by atoms with Crippen molar-refractivity contribution in [1.82, 2.24) is 4.90 Å². The van der Waals surface area contributed by atoms with Crippen molar-refractivity contribution in [3.8, 4) is 5.75 Å². The van der Waals surface area contributed by atoms with E-state index in [0.717, 1.165) is 24.5 Å². The van der Waals surface area contributed by atoms with E-state index in [1.54, 1.807) is 0 Å². The van der Waals surface area contributed by atoms with Crippen molar-refractivity contribution in [3.05, 3.63) is 59.8 Å². The fraction of sp³-hybridized carbons (Fsp3) is 0.385. The summed E-state index contributed by atoms with van der Waals surface area (Å²) in [7, 11) is 0. The Bertz CT molecular complexity index is 1020. The fourth-order valence-electron chi connectivity index (χ4n) is 4.25. The molecule has 2 heterocycles. The van der Waals surface area contributed by atoms with E-state index < -0.39 is 0 Å². The molecular formula is C26H31N3O3. The molecule has 1 fully saturated rings. The Labute approximate surface area is 189 Å². The highest BCUT2D eigenvalue weighted by atomic mass is 16.5. The number of anilines is 2. The summed E-state index contributed by atoms with van der Waals surface area (Å²) >= 11 is 0. The minimum absolute atomic E-state index is 0.0620. The van der Waals surface area contributed by atoms with Gasteiger partial charge in [-0.05, 0) is 82.5 Å². The SMILES string of the molecule is CC(C)Oc1ccc(C2=C(Nc3ccc(N4CCCC4)cc3)C(=O)N(C(C)C)C2=O)cc1. The van der Waals surface area contributed by atoms with Gasteiger partial charge in [0.2, 0.25) is 0 Å². The van der Waals surface area contributed by atoms with Crippen molar-refractivity contribution in [1.29, 1.82) is 0 Å². The highest BCUT2D eigenvalue weighted by Crippen LogP contribution is 2.33. The summed E-state index contributed by atoms with van der Waals surface area (Å²) in [6.07, 6.45) is 2.50. The maximum Gasteiger partial charge on any atom is 0.278 e. The smallest absolute Gasteiger partial charge is 0.278 e. The second-order valence-corrected chi connectivity index (χ2v) is 8.88. The number of amides is 2. The van der Waals surface area contributed by atoms with Crippen molar-refractivity contribution in [2.75, 3.05) is 23.3 Å². The van der Waals surface area contributed by atoms with Crippen molar-refractivity contribution in [3.63, 3.8) is 0 Å². The highest BCUT2D eigenvalue weighted by molar-refractivity contribution is 6.36. The number of carbonyl (C=O) groups excluding carboxylic acids is 2. The molecule has 0 unspecified atom stereocenters. The van der Waals surface area contributed by atoms with Crippen LogP contribution in [0.5, 0.6) is 5.75 Å². The molecule has 2 aromatic rings. The Balaban J connectivity index is 1.65. The minimum atomic E-state index is -0.300. The lowest BCUT2D eigenvalue weighted by Gasteiger charge is -2.20. The third kappa shape index (κ3) is 4.35. The van der Waals surface area contributed by atoms with Crippen molar-refractivity contribution < 1.29 is 14.3 Å². The van der Waals surface area contributed by atoms with Crippen LogP contribution >= 0.6 is 0 Å². The third-order valence-corrected chi connectivity index (χ3v) is 5.75. The minimum Gasteiger partial charge on any atom is -0.491 e. The van der Waals surface area contributed by atoms with Crippen LogP contribution in [0.15, 0.2) is 54.2 Å². The van der Waals surface area contributed by atoms with E-state index in [2.05, 4.69) is 22.3 Å². The molecule has 0 saturated carbocycles. The molecular weight excluding hydrogens is 402 g/mol. The lowest BCUT2D eigenvalue weighted by Crippen LogP contribution is -2.38. The number of nitrogens with zero attached hydrogens (tertiary/aromatic N) is 2. The maximum absolute atomic E-state index is 13.2. The lowest BCUT2D eigenvalue weighted by atomic mass is 10.0. The van der Waals surface area contributed by atoms with Gasteiger partial charge < -0.3 is 15.0 Å². The van der Waals surface area contributed by atoms with E-state index in [0.29, 0.717) is 16.8 Å². The number of imide groups is 1. The van der Waals surface area contributed by atoms with E-state index in [9.17, 15) is 9.59 Å². The second kappa shape index (κ2) is 9.07. The molecule has 32 heavy (non-hydrogen) atoms. The molecule has 4 rings (SSSR count). The van der Waals surface area contributed by atoms with Crippen molar-refractivity contribution in [2.45, 2.75) is 52.7 Å². The zero-order chi connectivity index (χ0) is 22.8. The number of hydrogen-bond donors (Lipinski definition) is 1. The zero-order valence-corrected chi connectivity index (χ0v) is 19.2. The van der Waals surface area contributed by atoms with Gasteiger partial charge in [-0.15, -0.1) is 0 Å². The summed E-state index contributed by atoms with van der Waals surface area (Å²) in [5, 5.41) is 3.24. The summed E-state index contributed by atoms with van der Waals surface area (Å²) in [6.45, 7) is 9.78. The van der Waals surface area contributed by atoms with Crippen LogP contribution in [0.1, 0.15) is 46.1 Å². The average molecular weight is 434 g/mol. The van der Waals surface area contributed by atoms with Gasteiger partial charge in [0.25, 0.3) is 11.8 Å². The van der Waals surface area contributed by atoms with Crippen LogP contribution in [0.2, 0.25) is 0 Å². The predicted octanol–water partition coefficient (Wildman–Crippen LogP) is 4.67. The molecule has 2 aromatic carbocycles. The summed E-state index contributed by atoms with van der Waals surface area (Å²) < 4.78 is 5.72. The largest absolute Gasteiger partial charge is 0.491 e. The Morgan fingerprint density at radius 2 is 1.47 bits per heavy atom. The quantitative estimate of drug-likeness (QED) is 0.643. The number of benzene rings is 2. The molecule has 1 N–H and O–H groups in total. The van der Waals surface area contributed by atoms with Gasteiger partial charge in [0.1, 0.15) is 11.4 Å².